The van der Waals surface area contributed by atoms with E-state index in [1.54, 1.807) is 0 Å². The van der Waals surface area contributed by atoms with Crippen molar-refractivity contribution in [3.8, 4) is 0 Å². The Morgan fingerprint density at radius 2 is 1.84 bits per heavy atom. The quantitative estimate of drug-likeness (QED) is 0.853. The summed E-state index contributed by atoms with van der Waals surface area (Å²) in [7, 11) is 0. The van der Waals surface area contributed by atoms with Gasteiger partial charge in [0.2, 0.25) is 0 Å². The first-order valence-electron chi connectivity index (χ1n) is 8.71. The van der Waals surface area contributed by atoms with Crippen LogP contribution in [0.4, 0.5) is 13.2 Å². The largest absolute Gasteiger partial charge is 0.416 e. The second kappa shape index (κ2) is 7.33. The highest BCUT2D eigenvalue weighted by Crippen LogP contribution is 2.34. The Hall–Kier alpha value is -1.60. The average Bonchev–Trinajstić information content (AvgIpc) is 3.39. The summed E-state index contributed by atoms with van der Waals surface area (Å²) in [6, 6.07) is 4.55. The maximum Gasteiger partial charge on any atom is 0.416 e. The number of carbonyl (C=O) groups excluding carboxylic acids is 1. The van der Waals surface area contributed by atoms with E-state index in [1.807, 2.05) is 0 Å². The molecule has 1 heterocycles. The van der Waals surface area contributed by atoms with Gasteiger partial charge in [-0.15, -0.1) is 0 Å². The normalized spacial score (nSPS) is 21.1. The minimum atomic E-state index is -4.61. The summed E-state index contributed by atoms with van der Waals surface area (Å²) < 4.78 is 39.1. The van der Waals surface area contributed by atoms with Gasteiger partial charge in [-0.3, -0.25) is 4.79 Å². The summed E-state index contributed by atoms with van der Waals surface area (Å²) in [5.41, 5.74) is -1.38. The molecule has 0 spiro atoms. The molecule has 0 radical (unpaired) electrons. The van der Waals surface area contributed by atoms with Gasteiger partial charge in [0.1, 0.15) is 0 Å². The molecule has 1 aromatic rings. The van der Waals surface area contributed by atoms with Gasteiger partial charge < -0.3 is 15.3 Å². The second-order valence-corrected chi connectivity index (χ2v) is 7.01. The summed E-state index contributed by atoms with van der Waals surface area (Å²) >= 11 is 0. The number of aliphatic hydroxyl groups excluding tert-OH is 1. The molecule has 2 aliphatic rings. The summed E-state index contributed by atoms with van der Waals surface area (Å²) in [5, 5.41) is 12.8. The van der Waals surface area contributed by atoms with Gasteiger partial charge in [-0.25, -0.2) is 0 Å². The first kappa shape index (κ1) is 18.2. The Kier molecular flexibility index (Phi) is 5.34. The van der Waals surface area contributed by atoms with Crippen LogP contribution in [0.3, 0.4) is 0 Å². The number of carbonyl (C=O) groups is 1. The lowest BCUT2D eigenvalue weighted by molar-refractivity contribution is -0.140. The molecule has 1 aliphatic carbocycles. The van der Waals surface area contributed by atoms with Crippen molar-refractivity contribution in [1.82, 2.24) is 10.2 Å². The van der Waals surface area contributed by atoms with E-state index >= 15 is 0 Å². The van der Waals surface area contributed by atoms with Crippen molar-refractivity contribution in [2.45, 2.75) is 44.0 Å². The third kappa shape index (κ3) is 4.73. The van der Waals surface area contributed by atoms with Gasteiger partial charge in [0, 0.05) is 31.2 Å². The molecule has 0 bridgehead atoms. The zero-order valence-corrected chi connectivity index (χ0v) is 13.9. The highest BCUT2D eigenvalue weighted by atomic mass is 19.4. The molecule has 0 aromatic heterocycles. The number of hydrogen-bond donors (Lipinski definition) is 2. The minimum absolute atomic E-state index is 0.101. The molecule has 3 rings (SSSR count). The molecule has 2 fully saturated rings. The third-order valence-electron chi connectivity index (χ3n) is 4.96. The number of nitrogens with zero attached hydrogens (tertiary/aromatic N) is 1. The molecule has 1 amide bonds. The Morgan fingerprint density at radius 3 is 2.44 bits per heavy atom. The monoisotopic (exact) mass is 356 g/mol. The summed E-state index contributed by atoms with van der Waals surface area (Å²) in [6.45, 7) is 2.84. The standard InChI is InChI=1S/C18H23F3N2O2/c19-18(20,21)15-4-2-1-3-14(15)16(24)17(25)22-13-7-9-23(10-8-13)11-12-5-6-12/h1-4,12-13,16,24H,5-11H2,(H,22,25). The first-order valence-corrected chi connectivity index (χ1v) is 8.71. The van der Waals surface area contributed by atoms with Crippen LogP contribution in [-0.4, -0.2) is 41.6 Å². The number of piperidine rings is 1. The molecule has 25 heavy (non-hydrogen) atoms. The van der Waals surface area contributed by atoms with E-state index in [0.29, 0.717) is 0 Å². The number of benzene rings is 1. The molecule has 1 aromatic carbocycles. The number of hydrogen-bond acceptors (Lipinski definition) is 3. The SMILES string of the molecule is O=C(NC1CCN(CC2CC2)CC1)C(O)c1ccccc1C(F)(F)F. The highest BCUT2D eigenvalue weighted by molar-refractivity contribution is 5.82. The van der Waals surface area contributed by atoms with Gasteiger partial charge in [-0.05, 0) is 37.7 Å². The predicted octanol–water partition coefficient (Wildman–Crippen LogP) is 2.73. The molecule has 4 nitrogen and oxygen atoms in total. The van der Waals surface area contributed by atoms with Crippen LogP contribution in [0.25, 0.3) is 0 Å². The Labute approximate surface area is 145 Å². The molecule has 1 atom stereocenters. The molecule has 2 N–H and O–H groups in total. The van der Waals surface area contributed by atoms with Crippen LogP contribution < -0.4 is 5.32 Å². The summed E-state index contributed by atoms with van der Waals surface area (Å²) in [5.74, 6) is 0.0455. The van der Waals surface area contributed by atoms with Crippen molar-refractivity contribution in [2.75, 3.05) is 19.6 Å². The van der Waals surface area contributed by atoms with Crippen LogP contribution in [0.5, 0.6) is 0 Å². The number of halogens is 3. The predicted molar refractivity (Wildman–Crippen MR) is 86.7 cm³/mol. The van der Waals surface area contributed by atoms with Crippen molar-refractivity contribution in [3.63, 3.8) is 0 Å². The summed E-state index contributed by atoms with van der Waals surface area (Å²) in [6.07, 6.45) is -2.32. The number of likely N-dealkylation sites (tertiary alicyclic amines) is 1. The molecular formula is C18H23F3N2O2. The average molecular weight is 356 g/mol. The van der Waals surface area contributed by atoms with Gasteiger partial charge in [0.15, 0.2) is 6.10 Å². The van der Waals surface area contributed by atoms with E-state index in [2.05, 4.69) is 10.2 Å². The third-order valence-corrected chi connectivity index (χ3v) is 4.96. The summed E-state index contributed by atoms with van der Waals surface area (Å²) in [4.78, 5) is 14.6. The highest BCUT2D eigenvalue weighted by Gasteiger charge is 2.36. The van der Waals surface area contributed by atoms with Crippen LogP contribution in [0.1, 0.15) is 42.9 Å². The van der Waals surface area contributed by atoms with Gasteiger partial charge in [0.25, 0.3) is 5.91 Å². The Morgan fingerprint density at radius 1 is 1.20 bits per heavy atom. The fraction of sp³-hybridized carbons (Fsp3) is 0.611. The van der Waals surface area contributed by atoms with E-state index in [1.165, 1.54) is 25.0 Å². The number of nitrogens with one attached hydrogen (secondary N) is 1. The van der Waals surface area contributed by atoms with Crippen molar-refractivity contribution in [3.05, 3.63) is 35.4 Å². The number of aliphatic hydroxyl groups is 1. The number of rotatable bonds is 5. The fourth-order valence-electron chi connectivity index (χ4n) is 3.34. The van der Waals surface area contributed by atoms with E-state index in [9.17, 15) is 23.1 Å². The number of alkyl halides is 3. The van der Waals surface area contributed by atoms with Gasteiger partial charge in [0.05, 0.1) is 5.56 Å². The Bertz CT molecular complexity index is 609. The maximum absolute atomic E-state index is 13.0. The second-order valence-electron chi connectivity index (χ2n) is 7.01. The first-order chi connectivity index (χ1) is 11.8. The Balaban J connectivity index is 1.56. The van der Waals surface area contributed by atoms with Crippen LogP contribution in [0.2, 0.25) is 0 Å². The van der Waals surface area contributed by atoms with Crippen LogP contribution in [-0.2, 0) is 11.0 Å². The minimum Gasteiger partial charge on any atom is -0.378 e. The van der Waals surface area contributed by atoms with E-state index in [4.69, 9.17) is 0 Å². The zero-order valence-electron chi connectivity index (χ0n) is 13.9. The lowest BCUT2D eigenvalue weighted by atomic mass is 10.00. The molecule has 7 heteroatoms. The van der Waals surface area contributed by atoms with Crippen molar-refractivity contribution < 1.29 is 23.1 Å². The van der Waals surface area contributed by atoms with Crippen molar-refractivity contribution in [1.29, 1.82) is 0 Å². The molecular weight excluding hydrogens is 333 g/mol. The lowest BCUT2D eigenvalue weighted by Crippen LogP contribution is -2.46. The molecule has 1 aliphatic heterocycles. The van der Waals surface area contributed by atoms with Gasteiger partial charge in [-0.1, -0.05) is 18.2 Å². The molecule has 1 unspecified atom stereocenters. The zero-order chi connectivity index (χ0) is 18.0. The maximum atomic E-state index is 13.0. The topological polar surface area (TPSA) is 52.6 Å². The molecule has 138 valence electrons. The smallest absolute Gasteiger partial charge is 0.378 e. The lowest BCUT2D eigenvalue weighted by Gasteiger charge is -2.32. The molecule has 1 saturated heterocycles. The van der Waals surface area contributed by atoms with Crippen molar-refractivity contribution in [2.24, 2.45) is 5.92 Å². The fourth-order valence-corrected chi connectivity index (χ4v) is 3.34. The van der Waals surface area contributed by atoms with Gasteiger partial charge in [-0.2, -0.15) is 13.2 Å². The van der Waals surface area contributed by atoms with Crippen molar-refractivity contribution >= 4 is 5.91 Å². The van der Waals surface area contributed by atoms with E-state index < -0.39 is 29.3 Å². The molecule has 1 saturated carbocycles. The van der Waals surface area contributed by atoms with Gasteiger partial charge >= 0.3 is 6.18 Å². The van der Waals surface area contributed by atoms with Crippen LogP contribution in [0, 0.1) is 5.92 Å². The number of amides is 1. The van der Waals surface area contributed by atoms with Crippen LogP contribution in [0.15, 0.2) is 24.3 Å². The van der Waals surface area contributed by atoms with E-state index in [0.717, 1.165) is 50.5 Å². The van der Waals surface area contributed by atoms with Crippen LogP contribution >= 0.6 is 0 Å². The van der Waals surface area contributed by atoms with E-state index in [-0.39, 0.29) is 6.04 Å².